The minimum absolute atomic E-state index is 0. The van der Waals surface area contributed by atoms with Crippen molar-refractivity contribution in [2.45, 2.75) is 19.1 Å². The number of amides is 1. The van der Waals surface area contributed by atoms with Gasteiger partial charge in [0, 0.05) is 20.2 Å². The second-order valence-corrected chi connectivity index (χ2v) is 4.26. The summed E-state index contributed by atoms with van der Waals surface area (Å²) in [7, 11) is 4.70. The second-order valence-electron chi connectivity index (χ2n) is 4.26. The first-order chi connectivity index (χ1) is 9.64. The van der Waals surface area contributed by atoms with Gasteiger partial charge in [-0.1, -0.05) is 6.07 Å². The lowest BCUT2D eigenvalue weighted by Gasteiger charge is -2.13. The highest BCUT2D eigenvalue weighted by Crippen LogP contribution is 2.27. The Morgan fingerprint density at radius 2 is 1.90 bits per heavy atom. The average molecular weight is 319 g/mol. The number of hydrogen-bond acceptors (Lipinski definition) is 5. The molecule has 1 atom stereocenters. The molecule has 0 aliphatic rings. The van der Waals surface area contributed by atoms with Crippen LogP contribution in [0.1, 0.15) is 12.0 Å². The quantitative estimate of drug-likeness (QED) is 0.750. The van der Waals surface area contributed by atoms with Crippen molar-refractivity contribution in [1.29, 1.82) is 0 Å². The molecule has 0 aliphatic carbocycles. The third-order valence-corrected chi connectivity index (χ3v) is 2.95. The minimum atomic E-state index is -0.250. The van der Waals surface area contributed by atoms with E-state index in [0.29, 0.717) is 24.6 Å². The third-order valence-electron chi connectivity index (χ3n) is 2.95. The molecule has 1 aromatic carbocycles. The van der Waals surface area contributed by atoms with E-state index in [1.165, 1.54) is 0 Å². The molecule has 21 heavy (non-hydrogen) atoms. The number of hydrogen-bond donors (Lipinski definition) is 2. The molecule has 0 saturated carbocycles. The van der Waals surface area contributed by atoms with Crippen LogP contribution in [0.15, 0.2) is 18.2 Å². The molecular formula is C14H23ClN2O4. The zero-order chi connectivity index (χ0) is 15.0. The van der Waals surface area contributed by atoms with Crippen LogP contribution in [0, 0.1) is 0 Å². The number of halogens is 1. The monoisotopic (exact) mass is 318 g/mol. The van der Waals surface area contributed by atoms with Gasteiger partial charge in [0.25, 0.3) is 0 Å². The molecule has 1 rings (SSSR count). The molecule has 3 N–H and O–H groups in total. The average Bonchev–Trinajstić information content (AvgIpc) is 2.50. The van der Waals surface area contributed by atoms with Gasteiger partial charge in [-0.05, 0) is 17.7 Å². The van der Waals surface area contributed by atoms with E-state index >= 15 is 0 Å². The Balaban J connectivity index is 0.00000400. The first-order valence-corrected chi connectivity index (χ1v) is 6.35. The molecule has 1 amide bonds. The molecule has 1 aromatic rings. The first kappa shape index (κ1) is 19.5. The lowest BCUT2D eigenvalue weighted by Crippen LogP contribution is -2.31. The van der Waals surface area contributed by atoms with Gasteiger partial charge in [0.1, 0.15) is 0 Å². The van der Waals surface area contributed by atoms with Crippen LogP contribution in [0.4, 0.5) is 0 Å². The lowest BCUT2D eigenvalue weighted by molar-refractivity contribution is -0.123. The van der Waals surface area contributed by atoms with Crippen LogP contribution in [0.5, 0.6) is 11.5 Å². The Kier molecular flexibility index (Phi) is 9.53. The molecule has 0 saturated heterocycles. The largest absolute Gasteiger partial charge is 0.493 e. The zero-order valence-corrected chi connectivity index (χ0v) is 13.4. The normalized spacial score (nSPS) is 11.2. The van der Waals surface area contributed by atoms with Crippen LogP contribution in [-0.4, -0.2) is 39.9 Å². The molecule has 6 nitrogen and oxygen atoms in total. The summed E-state index contributed by atoms with van der Waals surface area (Å²) in [6.07, 6.45) is 0.000661. The minimum Gasteiger partial charge on any atom is -0.493 e. The highest BCUT2D eigenvalue weighted by molar-refractivity contribution is 5.85. The maximum absolute atomic E-state index is 11.7. The van der Waals surface area contributed by atoms with Crippen molar-refractivity contribution >= 4 is 18.3 Å². The van der Waals surface area contributed by atoms with E-state index in [9.17, 15) is 4.79 Å². The van der Waals surface area contributed by atoms with Crippen LogP contribution in [0.3, 0.4) is 0 Å². The molecule has 0 spiro atoms. The topological polar surface area (TPSA) is 82.8 Å². The fourth-order valence-corrected chi connectivity index (χ4v) is 1.73. The maximum atomic E-state index is 11.7. The van der Waals surface area contributed by atoms with Crippen molar-refractivity contribution in [3.63, 3.8) is 0 Å². The Hall–Kier alpha value is -1.50. The SMILES string of the molecule is COc1ccc(CNC(=O)CC(CN)OC)cc1OC.Cl. The Morgan fingerprint density at radius 1 is 1.24 bits per heavy atom. The van der Waals surface area contributed by atoms with Gasteiger partial charge in [0.15, 0.2) is 11.5 Å². The summed E-state index contributed by atoms with van der Waals surface area (Å²) in [6, 6.07) is 5.51. The van der Waals surface area contributed by atoms with E-state index in [4.69, 9.17) is 19.9 Å². The first-order valence-electron chi connectivity index (χ1n) is 6.35. The van der Waals surface area contributed by atoms with Crippen LogP contribution >= 0.6 is 12.4 Å². The molecular weight excluding hydrogens is 296 g/mol. The van der Waals surface area contributed by atoms with Gasteiger partial charge < -0.3 is 25.3 Å². The van der Waals surface area contributed by atoms with Gasteiger partial charge in [0.2, 0.25) is 5.91 Å². The fourth-order valence-electron chi connectivity index (χ4n) is 1.73. The molecule has 1 unspecified atom stereocenters. The molecule has 0 heterocycles. The number of nitrogens with one attached hydrogen (secondary N) is 1. The Bertz CT molecular complexity index is 439. The van der Waals surface area contributed by atoms with Gasteiger partial charge in [0.05, 0.1) is 26.7 Å². The number of rotatable bonds is 8. The van der Waals surface area contributed by atoms with Crippen molar-refractivity contribution in [3.05, 3.63) is 23.8 Å². The second kappa shape index (κ2) is 10.3. The standard InChI is InChI=1S/C14H22N2O4.ClH/c1-18-11(8-15)7-14(17)16-9-10-4-5-12(19-2)13(6-10)20-3;/h4-6,11H,7-9,15H2,1-3H3,(H,16,17);1H. The Labute approximate surface area is 131 Å². The summed E-state index contributed by atoms with van der Waals surface area (Å²) in [5, 5.41) is 2.82. The van der Waals surface area contributed by atoms with Crippen molar-refractivity contribution in [2.75, 3.05) is 27.9 Å². The predicted octanol–water partition coefficient (Wildman–Crippen LogP) is 1.11. The van der Waals surface area contributed by atoms with E-state index in [-0.39, 0.29) is 30.8 Å². The van der Waals surface area contributed by atoms with E-state index in [1.54, 1.807) is 27.4 Å². The number of carbonyl (C=O) groups is 1. The fraction of sp³-hybridized carbons (Fsp3) is 0.500. The Morgan fingerprint density at radius 3 is 2.43 bits per heavy atom. The number of methoxy groups -OCH3 is 3. The van der Waals surface area contributed by atoms with E-state index in [2.05, 4.69) is 5.32 Å². The lowest BCUT2D eigenvalue weighted by atomic mass is 10.2. The number of nitrogens with two attached hydrogens (primary N) is 1. The molecule has 0 fully saturated rings. The summed E-state index contributed by atoms with van der Waals surface area (Å²) in [5.41, 5.74) is 6.40. The highest BCUT2D eigenvalue weighted by atomic mass is 35.5. The van der Waals surface area contributed by atoms with E-state index in [1.807, 2.05) is 12.1 Å². The molecule has 120 valence electrons. The van der Waals surface area contributed by atoms with Crippen LogP contribution in [0.25, 0.3) is 0 Å². The molecule has 7 heteroatoms. The van der Waals surface area contributed by atoms with E-state index in [0.717, 1.165) is 5.56 Å². The maximum Gasteiger partial charge on any atom is 0.222 e. The molecule has 0 radical (unpaired) electrons. The van der Waals surface area contributed by atoms with Crippen molar-refractivity contribution < 1.29 is 19.0 Å². The number of ether oxygens (including phenoxy) is 3. The van der Waals surface area contributed by atoms with Crippen LogP contribution < -0.4 is 20.5 Å². The van der Waals surface area contributed by atoms with Crippen LogP contribution in [0.2, 0.25) is 0 Å². The molecule has 0 bridgehead atoms. The van der Waals surface area contributed by atoms with Gasteiger partial charge in [-0.2, -0.15) is 0 Å². The van der Waals surface area contributed by atoms with Gasteiger partial charge in [-0.15, -0.1) is 12.4 Å². The summed E-state index contributed by atoms with van der Waals surface area (Å²) in [6.45, 7) is 0.737. The summed E-state index contributed by atoms with van der Waals surface area (Å²) in [5.74, 6) is 1.19. The summed E-state index contributed by atoms with van der Waals surface area (Å²) in [4.78, 5) is 11.7. The summed E-state index contributed by atoms with van der Waals surface area (Å²) >= 11 is 0. The van der Waals surface area contributed by atoms with Crippen molar-refractivity contribution in [2.24, 2.45) is 5.73 Å². The smallest absolute Gasteiger partial charge is 0.222 e. The number of benzene rings is 1. The van der Waals surface area contributed by atoms with Crippen LogP contribution in [-0.2, 0) is 16.1 Å². The van der Waals surface area contributed by atoms with E-state index < -0.39 is 0 Å². The third kappa shape index (κ3) is 6.20. The van der Waals surface area contributed by atoms with Gasteiger partial charge >= 0.3 is 0 Å². The number of carbonyl (C=O) groups excluding carboxylic acids is 1. The predicted molar refractivity (Wildman–Crippen MR) is 83.1 cm³/mol. The van der Waals surface area contributed by atoms with Crippen molar-refractivity contribution in [1.82, 2.24) is 5.32 Å². The van der Waals surface area contributed by atoms with Gasteiger partial charge in [-0.3, -0.25) is 4.79 Å². The highest BCUT2D eigenvalue weighted by Gasteiger charge is 2.11. The molecule has 0 aromatic heterocycles. The zero-order valence-electron chi connectivity index (χ0n) is 12.5. The molecule has 0 aliphatic heterocycles. The van der Waals surface area contributed by atoms with Crippen molar-refractivity contribution in [3.8, 4) is 11.5 Å². The summed E-state index contributed by atoms with van der Waals surface area (Å²) < 4.78 is 15.4. The van der Waals surface area contributed by atoms with Gasteiger partial charge in [-0.25, -0.2) is 0 Å².